The Morgan fingerprint density at radius 1 is 1.33 bits per heavy atom. The van der Waals surface area contributed by atoms with Crippen LogP contribution in [0.5, 0.6) is 11.5 Å². The van der Waals surface area contributed by atoms with E-state index in [-0.39, 0.29) is 13.2 Å². The van der Waals surface area contributed by atoms with Gasteiger partial charge in [0.25, 0.3) is 0 Å². The second-order valence-corrected chi connectivity index (χ2v) is 3.92. The van der Waals surface area contributed by atoms with E-state index in [1.54, 1.807) is 18.2 Å². The molecule has 8 nitrogen and oxygen atoms in total. The average Bonchev–Trinajstić information content (AvgIpc) is 2.52. The smallest absolute Gasteiger partial charge is 0.316 e. The summed E-state index contributed by atoms with van der Waals surface area (Å²) in [7, 11) is 3.01. The SMILES string of the molecule is COc1ccc(C(O)CNC(=O)NCN=C=O)cc1OC. The first-order valence-corrected chi connectivity index (χ1v) is 6.07. The first kappa shape index (κ1) is 16.5. The zero-order valence-corrected chi connectivity index (χ0v) is 11.8. The molecule has 0 spiro atoms. The fourth-order valence-corrected chi connectivity index (χ4v) is 1.57. The number of aliphatic hydroxyl groups is 1. The van der Waals surface area contributed by atoms with Crippen LogP contribution in [0.25, 0.3) is 0 Å². The largest absolute Gasteiger partial charge is 0.493 e. The summed E-state index contributed by atoms with van der Waals surface area (Å²) >= 11 is 0. The number of carbonyl (C=O) groups excluding carboxylic acids is 2. The molecule has 1 rings (SSSR count). The predicted molar refractivity (Wildman–Crippen MR) is 74.0 cm³/mol. The van der Waals surface area contributed by atoms with E-state index in [1.807, 2.05) is 0 Å². The van der Waals surface area contributed by atoms with Gasteiger partial charge in [-0.1, -0.05) is 6.07 Å². The molecule has 0 radical (unpaired) electrons. The number of aliphatic hydroxyl groups excluding tert-OH is 1. The molecule has 0 fully saturated rings. The minimum absolute atomic E-state index is 0.00782. The highest BCUT2D eigenvalue weighted by Crippen LogP contribution is 2.29. The lowest BCUT2D eigenvalue weighted by atomic mass is 10.1. The number of rotatable bonds is 7. The van der Waals surface area contributed by atoms with Crippen LogP contribution in [0.3, 0.4) is 0 Å². The zero-order valence-electron chi connectivity index (χ0n) is 11.8. The number of hydrogen-bond donors (Lipinski definition) is 3. The van der Waals surface area contributed by atoms with Crippen molar-refractivity contribution >= 4 is 12.1 Å². The number of methoxy groups -OCH3 is 2. The number of aliphatic imine (C=N–C) groups is 1. The fraction of sp³-hybridized carbons (Fsp3) is 0.385. The first-order chi connectivity index (χ1) is 10.1. The number of nitrogens with one attached hydrogen (secondary N) is 2. The quantitative estimate of drug-likeness (QED) is 0.496. The average molecular weight is 295 g/mol. The van der Waals surface area contributed by atoms with Gasteiger partial charge in [-0.3, -0.25) is 0 Å². The molecule has 1 unspecified atom stereocenters. The number of hydrogen-bond acceptors (Lipinski definition) is 6. The van der Waals surface area contributed by atoms with Crippen LogP contribution in [-0.4, -0.2) is 44.7 Å². The van der Waals surface area contributed by atoms with Gasteiger partial charge in [-0.25, -0.2) is 9.59 Å². The fourth-order valence-electron chi connectivity index (χ4n) is 1.57. The molecule has 114 valence electrons. The van der Waals surface area contributed by atoms with E-state index >= 15 is 0 Å². The maximum absolute atomic E-state index is 11.3. The van der Waals surface area contributed by atoms with Crippen LogP contribution < -0.4 is 20.1 Å². The van der Waals surface area contributed by atoms with Crippen molar-refractivity contribution in [2.75, 3.05) is 27.4 Å². The molecule has 0 saturated carbocycles. The number of carbonyl (C=O) groups is 1. The second-order valence-electron chi connectivity index (χ2n) is 3.92. The van der Waals surface area contributed by atoms with Crippen molar-refractivity contribution < 1.29 is 24.2 Å². The van der Waals surface area contributed by atoms with Gasteiger partial charge in [0.2, 0.25) is 6.08 Å². The molecule has 8 heteroatoms. The van der Waals surface area contributed by atoms with Crippen LogP contribution in [0.1, 0.15) is 11.7 Å². The number of urea groups is 1. The highest BCUT2D eigenvalue weighted by molar-refractivity contribution is 5.73. The molecule has 0 aliphatic rings. The molecule has 3 N–H and O–H groups in total. The van der Waals surface area contributed by atoms with Gasteiger partial charge in [0.05, 0.1) is 20.3 Å². The highest BCUT2D eigenvalue weighted by atomic mass is 16.5. The molecule has 21 heavy (non-hydrogen) atoms. The van der Waals surface area contributed by atoms with Crippen molar-refractivity contribution in [3.8, 4) is 11.5 Å². The van der Waals surface area contributed by atoms with E-state index in [4.69, 9.17) is 9.47 Å². The molecule has 1 aromatic rings. The third-order valence-corrected chi connectivity index (χ3v) is 2.63. The third-order valence-electron chi connectivity index (χ3n) is 2.63. The molecule has 0 saturated heterocycles. The molecular weight excluding hydrogens is 278 g/mol. The predicted octanol–water partition coefficient (Wildman–Crippen LogP) is 0.330. The van der Waals surface area contributed by atoms with Crippen LogP contribution in [0, 0.1) is 0 Å². The van der Waals surface area contributed by atoms with Gasteiger partial charge in [-0.2, -0.15) is 4.99 Å². The zero-order chi connectivity index (χ0) is 15.7. The highest BCUT2D eigenvalue weighted by Gasteiger charge is 2.12. The number of ether oxygens (including phenoxy) is 2. The summed E-state index contributed by atoms with van der Waals surface area (Å²) in [4.78, 5) is 24.3. The molecular formula is C13H17N3O5. The number of nitrogens with zero attached hydrogens (tertiary/aromatic N) is 1. The molecule has 2 amide bonds. The number of amides is 2. The van der Waals surface area contributed by atoms with Gasteiger partial charge in [-0.15, -0.1) is 0 Å². The van der Waals surface area contributed by atoms with E-state index in [9.17, 15) is 14.7 Å². The lowest BCUT2D eigenvalue weighted by molar-refractivity contribution is 0.172. The Labute approximate surface area is 121 Å². The summed E-state index contributed by atoms with van der Waals surface area (Å²) in [5.41, 5.74) is 0.568. The van der Waals surface area contributed by atoms with Crippen molar-refractivity contribution in [2.45, 2.75) is 6.10 Å². The minimum Gasteiger partial charge on any atom is -0.493 e. The molecule has 1 atom stereocenters. The normalized spacial score (nSPS) is 11.0. The molecule has 0 aliphatic heterocycles. The van der Waals surface area contributed by atoms with Gasteiger partial charge in [0, 0.05) is 6.54 Å². The van der Waals surface area contributed by atoms with E-state index in [1.165, 1.54) is 20.3 Å². The van der Waals surface area contributed by atoms with Crippen molar-refractivity contribution in [1.82, 2.24) is 10.6 Å². The minimum atomic E-state index is -0.912. The van der Waals surface area contributed by atoms with Crippen molar-refractivity contribution in [2.24, 2.45) is 4.99 Å². The van der Waals surface area contributed by atoms with Crippen LogP contribution >= 0.6 is 0 Å². The van der Waals surface area contributed by atoms with Gasteiger partial charge in [-0.05, 0) is 17.7 Å². The summed E-state index contributed by atoms with van der Waals surface area (Å²) < 4.78 is 10.2. The molecule has 0 heterocycles. The Kier molecular flexibility index (Phi) is 6.73. The van der Waals surface area contributed by atoms with Gasteiger partial charge in [0.1, 0.15) is 6.67 Å². The van der Waals surface area contributed by atoms with Crippen LogP contribution in [0.2, 0.25) is 0 Å². The van der Waals surface area contributed by atoms with Crippen LogP contribution in [-0.2, 0) is 4.79 Å². The first-order valence-electron chi connectivity index (χ1n) is 6.07. The van der Waals surface area contributed by atoms with Crippen LogP contribution in [0.15, 0.2) is 23.2 Å². The Hall–Kier alpha value is -2.57. The van der Waals surface area contributed by atoms with Gasteiger partial charge < -0.3 is 25.2 Å². The summed E-state index contributed by atoms with van der Waals surface area (Å²) in [5, 5.41) is 14.7. The standard InChI is InChI=1S/C13H17N3O5/c1-20-11-4-3-9(5-12(11)21-2)10(18)6-15-13(19)16-7-14-8-17/h3-5,10,18H,6-7H2,1-2H3,(H2,15,16,19). The molecule has 0 bridgehead atoms. The third kappa shape index (κ3) is 5.13. The van der Waals surface area contributed by atoms with E-state index in [0.717, 1.165) is 0 Å². The van der Waals surface area contributed by atoms with Crippen LogP contribution in [0.4, 0.5) is 4.79 Å². The molecule has 1 aromatic carbocycles. The molecule has 0 aliphatic carbocycles. The molecule has 0 aromatic heterocycles. The summed E-state index contributed by atoms with van der Waals surface area (Å²) in [6.07, 6.45) is 0.383. The lowest BCUT2D eigenvalue weighted by Gasteiger charge is -2.15. The van der Waals surface area contributed by atoms with E-state index in [2.05, 4.69) is 15.6 Å². The monoisotopic (exact) mass is 295 g/mol. The number of isocyanates is 1. The van der Waals surface area contributed by atoms with Crippen molar-refractivity contribution in [1.29, 1.82) is 0 Å². The lowest BCUT2D eigenvalue weighted by Crippen LogP contribution is -2.37. The van der Waals surface area contributed by atoms with E-state index in [0.29, 0.717) is 17.1 Å². The second kappa shape index (κ2) is 8.57. The number of benzene rings is 1. The summed E-state index contributed by atoms with van der Waals surface area (Å²) in [6.45, 7) is -0.173. The van der Waals surface area contributed by atoms with E-state index < -0.39 is 12.1 Å². The maximum atomic E-state index is 11.3. The summed E-state index contributed by atoms with van der Waals surface area (Å²) in [6, 6.07) is 4.41. The van der Waals surface area contributed by atoms with Gasteiger partial charge >= 0.3 is 6.03 Å². The van der Waals surface area contributed by atoms with Crippen molar-refractivity contribution in [3.63, 3.8) is 0 Å². The van der Waals surface area contributed by atoms with Gasteiger partial charge in [0.15, 0.2) is 11.5 Å². The Morgan fingerprint density at radius 3 is 2.67 bits per heavy atom. The Balaban J connectivity index is 2.57. The van der Waals surface area contributed by atoms with Crippen molar-refractivity contribution in [3.05, 3.63) is 23.8 Å². The topological polar surface area (TPSA) is 109 Å². The Morgan fingerprint density at radius 2 is 2.05 bits per heavy atom. The summed E-state index contributed by atoms with van der Waals surface area (Å²) in [5.74, 6) is 1.03. The Bertz CT molecular complexity index is 529. The maximum Gasteiger partial charge on any atom is 0.316 e.